The fraction of sp³-hybridized carbons (Fsp3) is 0.438. The Balaban J connectivity index is 2.03. The summed E-state index contributed by atoms with van der Waals surface area (Å²) >= 11 is 3.49. The highest BCUT2D eigenvalue weighted by Crippen LogP contribution is 2.29. The zero-order valence-electron chi connectivity index (χ0n) is 11.7. The molecular weight excluding hydrogens is 314 g/mol. The number of nitrogens with two attached hydrogens (primary N) is 1. The van der Waals surface area contributed by atoms with E-state index in [1.54, 1.807) is 0 Å². The number of fused-ring (bicyclic) bond motifs is 1. The molecule has 1 aromatic heterocycles. The highest BCUT2D eigenvalue weighted by molar-refractivity contribution is 9.10. The number of rotatable bonds is 3. The van der Waals surface area contributed by atoms with Gasteiger partial charge in [-0.3, -0.25) is 0 Å². The van der Waals surface area contributed by atoms with Crippen LogP contribution in [0.1, 0.15) is 42.8 Å². The number of hydrogen-bond donors (Lipinski definition) is 1. The molecule has 1 aliphatic carbocycles. The molecule has 3 rings (SSSR count). The van der Waals surface area contributed by atoms with E-state index in [0.29, 0.717) is 0 Å². The SMILES string of the molecule is CC(N)C(c1ccc(Br)cc1)n1cnc2c1CCCC2. The van der Waals surface area contributed by atoms with E-state index < -0.39 is 0 Å². The lowest BCUT2D eigenvalue weighted by molar-refractivity contribution is 0.473. The summed E-state index contributed by atoms with van der Waals surface area (Å²) in [5, 5.41) is 0. The summed E-state index contributed by atoms with van der Waals surface area (Å²) in [6, 6.07) is 8.66. The van der Waals surface area contributed by atoms with Crippen molar-refractivity contribution < 1.29 is 0 Å². The average molecular weight is 334 g/mol. The molecule has 0 bridgehead atoms. The fourth-order valence-corrected chi connectivity index (χ4v) is 3.37. The zero-order valence-corrected chi connectivity index (χ0v) is 13.3. The highest BCUT2D eigenvalue weighted by Gasteiger charge is 2.24. The third-order valence-electron chi connectivity index (χ3n) is 4.07. The molecule has 20 heavy (non-hydrogen) atoms. The van der Waals surface area contributed by atoms with E-state index in [4.69, 9.17) is 5.73 Å². The summed E-state index contributed by atoms with van der Waals surface area (Å²) in [6.07, 6.45) is 6.71. The second kappa shape index (κ2) is 5.70. The van der Waals surface area contributed by atoms with Gasteiger partial charge in [-0.1, -0.05) is 28.1 Å². The standard InChI is InChI=1S/C16H20BrN3/c1-11(18)16(12-6-8-13(17)9-7-12)20-10-19-14-4-2-3-5-15(14)20/h6-11,16H,2-5,18H2,1H3. The van der Waals surface area contributed by atoms with E-state index >= 15 is 0 Å². The molecule has 2 N–H and O–H groups in total. The van der Waals surface area contributed by atoms with Gasteiger partial charge >= 0.3 is 0 Å². The molecule has 2 aromatic rings. The normalized spacial score (nSPS) is 17.6. The van der Waals surface area contributed by atoms with Crippen molar-refractivity contribution in [3.8, 4) is 0 Å². The van der Waals surface area contributed by atoms with Gasteiger partial charge in [0.25, 0.3) is 0 Å². The molecule has 0 fully saturated rings. The van der Waals surface area contributed by atoms with Crippen LogP contribution in [0.15, 0.2) is 35.1 Å². The molecular formula is C16H20BrN3. The Labute approximate surface area is 128 Å². The maximum Gasteiger partial charge on any atom is 0.0957 e. The number of hydrogen-bond acceptors (Lipinski definition) is 2. The summed E-state index contributed by atoms with van der Waals surface area (Å²) < 4.78 is 3.39. The van der Waals surface area contributed by atoms with Crippen molar-refractivity contribution in [2.45, 2.75) is 44.7 Å². The van der Waals surface area contributed by atoms with Crippen molar-refractivity contribution in [2.75, 3.05) is 0 Å². The lowest BCUT2D eigenvalue weighted by Gasteiger charge is -2.26. The van der Waals surface area contributed by atoms with Crippen LogP contribution in [0, 0.1) is 0 Å². The Morgan fingerprint density at radius 1 is 1.20 bits per heavy atom. The molecule has 1 aromatic carbocycles. The van der Waals surface area contributed by atoms with Gasteiger partial charge in [-0.05, 0) is 50.3 Å². The number of aryl methyl sites for hydroxylation is 1. The molecule has 2 atom stereocenters. The summed E-state index contributed by atoms with van der Waals surface area (Å²) in [4.78, 5) is 4.60. The first-order chi connectivity index (χ1) is 9.66. The lowest BCUT2D eigenvalue weighted by Crippen LogP contribution is -2.31. The van der Waals surface area contributed by atoms with Crippen LogP contribution >= 0.6 is 15.9 Å². The molecule has 1 aliphatic rings. The number of benzene rings is 1. The van der Waals surface area contributed by atoms with Crippen molar-refractivity contribution in [3.05, 3.63) is 52.0 Å². The van der Waals surface area contributed by atoms with E-state index in [1.165, 1.54) is 29.8 Å². The number of imidazole rings is 1. The van der Waals surface area contributed by atoms with Gasteiger partial charge in [0, 0.05) is 16.2 Å². The van der Waals surface area contributed by atoms with Crippen LogP contribution in [0.5, 0.6) is 0 Å². The Morgan fingerprint density at radius 2 is 1.90 bits per heavy atom. The number of halogens is 1. The van der Waals surface area contributed by atoms with E-state index in [-0.39, 0.29) is 12.1 Å². The van der Waals surface area contributed by atoms with Gasteiger partial charge in [0.2, 0.25) is 0 Å². The number of aromatic nitrogens is 2. The summed E-state index contributed by atoms with van der Waals surface area (Å²) in [7, 11) is 0. The van der Waals surface area contributed by atoms with Crippen molar-refractivity contribution in [1.82, 2.24) is 9.55 Å². The van der Waals surface area contributed by atoms with Crippen LogP contribution in [0.3, 0.4) is 0 Å². The molecule has 0 saturated carbocycles. The summed E-state index contributed by atoms with van der Waals surface area (Å²) in [5.41, 5.74) is 10.2. The maximum absolute atomic E-state index is 6.27. The van der Waals surface area contributed by atoms with Gasteiger partial charge in [0.15, 0.2) is 0 Å². The second-order valence-corrected chi connectivity index (χ2v) is 6.52. The average Bonchev–Trinajstić information content (AvgIpc) is 2.85. The molecule has 0 saturated heterocycles. The van der Waals surface area contributed by atoms with E-state index in [0.717, 1.165) is 17.3 Å². The third kappa shape index (κ3) is 2.54. The Bertz CT molecular complexity index is 586. The molecule has 106 valence electrons. The van der Waals surface area contributed by atoms with Crippen molar-refractivity contribution >= 4 is 15.9 Å². The van der Waals surface area contributed by atoms with Gasteiger partial charge < -0.3 is 10.3 Å². The molecule has 3 nitrogen and oxygen atoms in total. The quantitative estimate of drug-likeness (QED) is 0.934. The Hall–Kier alpha value is -1.13. The number of nitrogens with zero attached hydrogens (tertiary/aromatic N) is 2. The third-order valence-corrected chi connectivity index (χ3v) is 4.60. The predicted molar refractivity (Wildman–Crippen MR) is 84.8 cm³/mol. The van der Waals surface area contributed by atoms with Crippen LogP contribution in [-0.2, 0) is 12.8 Å². The molecule has 0 aliphatic heterocycles. The lowest BCUT2D eigenvalue weighted by atomic mass is 9.97. The van der Waals surface area contributed by atoms with Crippen LogP contribution < -0.4 is 5.73 Å². The molecule has 0 radical (unpaired) electrons. The Morgan fingerprint density at radius 3 is 2.60 bits per heavy atom. The van der Waals surface area contributed by atoms with Crippen LogP contribution in [-0.4, -0.2) is 15.6 Å². The highest BCUT2D eigenvalue weighted by atomic mass is 79.9. The van der Waals surface area contributed by atoms with Crippen LogP contribution in [0.4, 0.5) is 0 Å². The van der Waals surface area contributed by atoms with Crippen LogP contribution in [0.2, 0.25) is 0 Å². The van der Waals surface area contributed by atoms with Crippen molar-refractivity contribution in [3.63, 3.8) is 0 Å². The van der Waals surface area contributed by atoms with E-state index in [2.05, 4.69) is 56.7 Å². The fourth-order valence-electron chi connectivity index (χ4n) is 3.11. The smallest absolute Gasteiger partial charge is 0.0957 e. The van der Waals surface area contributed by atoms with Crippen LogP contribution in [0.25, 0.3) is 0 Å². The first-order valence-electron chi connectivity index (χ1n) is 7.22. The Kier molecular flexibility index (Phi) is 3.94. The molecule has 2 unspecified atom stereocenters. The minimum atomic E-state index is 0.0522. The van der Waals surface area contributed by atoms with E-state index in [9.17, 15) is 0 Å². The van der Waals surface area contributed by atoms with Gasteiger partial charge in [-0.2, -0.15) is 0 Å². The van der Waals surface area contributed by atoms with Gasteiger partial charge in [-0.25, -0.2) is 4.98 Å². The van der Waals surface area contributed by atoms with Gasteiger partial charge in [-0.15, -0.1) is 0 Å². The molecule has 0 spiro atoms. The topological polar surface area (TPSA) is 43.8 Å². The first kappa shape index (κ1) is 13.8. The summed E-state index contributed by atoms with van der Waals surface area (Å²) in [5.74, 6) is 0. The largest absolute Gasteiger partial charge is 0.326 e. The minimum absolute atomic E-state index is 0.0522. The van der Waals surface area contributed by atoms with Crippen molar-refractivity contribution in [2.24, 2.45) is 5.73 Å². The van der Waals surface area contributed by atoms with E-state index in [1.807, 2.05) is 6.33 Å². The monoisotopic (exact) mass is 333 g/mol. The van der Waals surface area contributed by atoms with Gasteiger partial charge in [0.05, 0.1) is 18.1 Å². The zero-order chi connectivity index (χ0) is 14.1. The molecule has 4 heteroatoms. The second-order valence-electron chi connectivity index (χ2n) is 5.61. The maximum atomic E-state index is 6.27. The molecule has 0 amide bonds. The van der Waals surface area contributed by atoms with Crippen molar-refractivity contribution in [1.29, 1.82) is 0 Å². The predicted octanol–water partition coefficient (Wildman–Crippen LogP) is 3.46. The first-order valence-corrected chi connectivity index (χ1v) is 8.01. The van der Waals surface area contributed by atoms with Gasteiger partial charge in [0.1, 0.15) is 0 Å². The minimum Gasteiger partial charge on any atom is -0.326 e. The summed E-state index contributed by atoms with van der Waals surface area (Å²) in [6.45, 7) is 2.07. The molecule has 1 heterocycles.